The first-order chi connectivity index (χ1) is 23.3. The van der Waals surface area contributed by atoms with Gasteiger partial charge in [-0.05, 0) is 56.9 Å². The van der Waals surface area contributed by atoms with Gasteiger partial charge in [0.15, 0.2) is 23.0 Å². The molecule has 0 radical (unpaired) electrons. The van der Waals surface area contributed by atoms with Crippen molar-refractivity contribution in [3.05, 3.63) is 48.8 Å². The molecule has 2 aromatic carbocycles. The Morgan fingerprint density at radius 3 is 1.41 bits per heavy atom. The molecular weight excluding hydrogens is 676 g/mol. The fourth-order valence-electron chi connectivity index (χ4n) is 6.45. The molecule has 1 N–H and O–H groups in total. The Hall–Kier alpha value is -4.71. The number of benzene rings is 2. The van der Waals surface area contributed by atoms with Gasteiger partial charge in [0.2, 0.25) is 0 Å². The summed E-state index contributed by atoms with van der Waals surface area (Å²) in [5.74, 6) is 1.65. The zero-order valence-corrected chi connectivity index (χ0v) is 29.5. The van der Waals surface area contributed by atoms with Gasteiger partial charge in [0.05, 0.1) is 57.9 Å². The zero-order valence-electron chi connectivity index (χ0n) is 28.6. The Morgan fingerprint density at radius 1 is 0.686 bits per heavy atom. The SMILES string of the molecule is C.C.CCOC(=O)C1CCN(c2ccnc3cc(OC)c(OC)cc23)CC1.COc1cc2nccc(N3CCC(C(=O)O)CC3)c2cc1OC.Cl. The number of hydrogen-bond donors (Lipinski definition) is 1. The molecule has 280 valence electrons. The maximum absolute atomic E-state index is 11.9. The minimum Gasteiger partial charge on any atom is -0.493 e. The van der Waals surface area contributed by atoms with E-state index < -0.39 is 5.97 Å². The van der Waals surface area contributed by atoms with Gasteiger partial charge in [-0.25, -0.2) is 0 Å². The van der Waals surface area contributed by atoms with E-state index >= 15 is 0 Å². The predicted octanol–water partition coefficient (Wildman–Crippen LogP) is 7.28. The van der Waals surface area contributed by atoms with Crippen molar-refractivity contribution in [1.29, 1.82) is 0 Å². The molecule has 0 saturated carbocycles. The van der Waals surface area contributed by atoms with Crippen LogP contribution in [0.5, 0.6) is 23.0 Å². The van der Waals surface area contributed by atoms with Gasteiger partial charge in [-0.1, -0.05) is 14.9 Å². The standard InChI is InChI=1S/C19H24N2O4.C17H20N2O4.2CH4.ClH/c1-4-25-19(22)13-6-9-21(10-7-13)16-5-8-20-15-12-18(24-3)17(23-2)11-14(15)16;1-22-15-9-12-13(10-16(15)23-2)18-6-3-14(12)19-7-4-11(5-8-19)17(20)21;;;/h5,8,11-13H,4,6-7,9-10H2,1-3H3;3,6,9-11H,4-5,7-8H2,1-2H3,(H,20,21);2*1H4;1H. The van der Waals surface area contributed by atoms with Gasteiger partial charge in [-0.15, -0.1) is 12.4 Å². The number of carboxylic acids is 1. The average molecular weight is 729 g/mol. The molecule has 2 aromatic heterocycles. The highest BCUT2D eigenvalue weighted by Gasteiger charge is 2.28. The highest BCUT2D eigenvalue weighted by Crippen LogP contribution is 2.38. The fraction of sp³-hybridized carbons (Fsp3) is 0.474. The van der Waals surface area contributed by atoms with E-state index in [-0.39, 0.29) is 45.1 Å². The van der Waals surface area contributed by atoms with Gasteiger partial charge >= 0.3 is 11.9 Å². The number of nitrogens with zero attached hydrogens (tertiary/aromatic N) is 4. The zero-order chi connectivity index (χ0) is 34.2. The van der Waals surface area contributed by atoms with E-state index in [4.69, 9.17) is 28.8 Å². The van der Waals surface area contributed by atoms with Gasteiger partial charge in [0, 0.05) is 72.9 Å². The number of carbonyl (C=O) groups is 2. The number of fused-ring (bicyclic) bond motifs is 2. The van der Waals surface area contributed by atoms with E-state index in [9.17, 15) is 9.59 Å². The fourth-order valence-corrected chi connectivity index (χ4v) is 6.45. The second-order valence-electron chi connectivity index (χ2n) is 11.7. The van der Waals surface area contributed by atoms with Crippen molar-refractivity contribution in [2.45, 2.75) is 47.5 Å². The Morgan fingerprint density at radius 2 is 1.06 bits per heavy atom. The number of aliphatic carboxylic acids is 1. The summed E-state index contributed by atoms with van der Waals surface area (Å²) in [5.41, 5.74) is 3.86. The van der Waals surface area contributed by atoms with Gasteiger partial charge in [-0.3, -0.25) is 19.6 Å². The maximum Gasteiger partial charge on any atom is 0.309 e. The summed E-state index contributed by atoms with van der Waals surface area (Å²) in [6.45, 7) is 5.37. The summed E-state index contributed by atoms with van der Waals surface area (Å²) in [5, 5.41) is 11.1. The number of aromatic nitrogens is 2. The molecule has 0 amide bonds. The van der Waals surface area contributed by atoms with Crippen LogP contribution in [0.15, 0.2) is 48.8 Å². The molecule has 0 bridgehead atoms. The van der Waals surface area contributed by atoms with Crippen molar-refractivity contribution >= 4 is 57.5 Å². The van der Waals surface area contributed by atoms with Crippen LogP contribution in [0.3, 0.4) is 0 Å². The summed E-state index contributed by atoms with van der Waals surface area (Å²) in [7, 11) is 6.46. The first kappa shape index (κ1) is 42.5. The van der Waals surface area contributed by atoms with Crippen LogP contribution in [0, 0.1) is 11.8 Å². The molecule has 2 saturated heterocycles. The average Bonchev–Trinajstić information content (AvgIpc) is 3.13. The Kier molecular flexibility index (Phi) is 16.3. The third-order valence-corrected chi connectivity index (χ3v) is 9.09. The summed E-state index contributed by atoms with van der Waals surface area (Å²) >= 11 is 0. The van der Waals surface area contributed by atoms with E-state index in [1.807, 2.05) is 43.3 Å². The highest BCUT2D eigenvalue weighted by atomic mass is 35.5. The molecule has 0 atom stereocenters. The molecule has 2 fully saturated rings. The first-order valence-electron chi connectivity index (χ1n) is 16.2. The Balaban J connectivity index is 0.000000335. The molecule has 0 unspecified atom stereocenters. The molecule has 13 heteroatoms. The largest absolute Gasteiger partial charge is 0.493 e. The molecule has 4 aromatic rings. The van der Waals surface area contributed by atoms with Crippen LogP contribution in [0.1, 0.15) is 47.5 Å². The van der Waals surface area contributed by atoms with Gasteiger partial charge in [0.1, 0.15) is 0 Å². The number of anilines is 2. The smallest absolute Gasteiger partial charge is 0.309 e. The highest BCUT2D eigenvalue weighted by molar-refractivity contribution is 5.95. The molecule has 12 nitrogen and oxygen atoms in total. The predicted molar refractivity (Wildman–Crippen MR) is 205 cm³/mol. The lowest BCUT2D eigenvalue weighted by Gasteiger charge is -2.33. The van der Waals surface area contributed by atoms with Crippen LogP contribution >= 0.6 is 12.4 Å². The minimum atomic E-state index is -0.698. The first-order valence-corrected chi connectivity index (χ1v) is 16.2. The number of halogens is 1. The number of esters is 1. The van der Waals surface area contributed by atoms with Crippen LogP contribution in [-0.2, 0) is 14.3 Å². The number of carbonyl (C=O) groups excluding carboxylic acids is 1. The monoisotopic (exact) mass is 728 g/mol. The van der Waals surface area contributed by atoms with E-state index in [0.29, 0.717) is 42.4 Å². The second kappa shape index (κ2) is 19.6. The van der Waals surface area contributed by atoms with Crippen molar-refractivity contribution in [3.63, 3.8) is 0 Å². The summed E-state index contributed by atoms with van der Waals surface area (Å²) < 4.78 is 26.7. The lowest BCUT2D eigenvalue weighted by Crippen LogP contribution is -2.37. The molecular formula is C38H53ClN4O8. The van der Waals surface area contributed by atoms with Crippen LogP contribution in [0.2, 0.25) is 0 Å². The third kappa shape index (κ3) is 9.55. The Labute approximate surface area is 307 Å². The van der Waals surface area contributed by atoms with Crippen LogP contribution < -0.4 is 28.7 Å². The number of methoxy groups -OCH3 is 4. The molecule has 2 aliphatic heterocycles. The summed E-state index contributed by atoms with van der Waals surface area (Å²) in [6.07, 6.45) is 6.50. The summed E-state index contributed by atoms with van der Waals surface area (Å²) in [6, 6.07) is 11.6. The van der Waals surface area contributed by atoms with Crippen molar-refractivity contribution in [2.75, 3.05) is 71.0 Å². The molecule has 2 aliphatic rings. The van der Waals surface area contributed by atoms with Gasteiger partial charge in [0.25, 0.3) is 0 Å². The molecule has 6 rings (SSSR count). The second-order valence-corrected chi connectivity index (χ2v) is 11.7. The topological polar surface area (TPSA) is 133 Å². The molecule has 51 heavy (non-hydrogen) atoms. The lowest BCUT2D eigenvalue weighted by atomic mass is 9.96. The van der Waals surface area contributed by atoms with Crippen molar-refractivity contribution in [2.24, 2.45) is 11.8 Å². The van der Waals surface area contributed by atoms with E-state index in [2.05, 4.69) is 19.8 Å². The number of hydrogen-bond acceptors (Lipinski definition) is 11. The van der Waals surface area contributed by atoms with Crippen LogP contribution in [0.4, 0.5) is 11.4 Å². The van der Waals surface area contributed by atoms with E-state index in [1.165, 1.54) is 0 Å². The molecule has 0 spiro atoms. The number of piperidine rings is 2. The van der Waals surface area contributed by atoms with E-state index in [1.54, 1.807) is 40.8 Å². The lowest BCUT2D eigenvalue weighted by molar-refractivity contribution is -0.148. The maximum atomic E-state index is 11.9. The summed E-state index contributed by atoms with van der Waals surface area (Å²) in [4.78, 5) is 36.4. The minimum absolute atomic E-state index is 0. The van der Waals surface area contributed by atoms with Crippen molar-refractivity contribution < 1.29 is 38.4 Å². The number of ether oxygens (including phenoxy) is 5. The molecule has 0 aliphatic carbocycles. The van der Waals surface area contributed by atoms with Crippen molar-refractivity contribution in [3.8, 4) is 23.0 Å². The number of pyridine rings is 2. The van der Waals surface area contributed by atoms with E-state index in [0.717, 1.165) is 72.2 Å². The van der Waals surface area contributed by atoms with Crippen LogP contribution in [0.25, 0.3) is 21.8 Å². The third-order valence-electron chi connectivity index (χ3n) is 9.09. The van der Waals surface area contributed by atoms with Crippen LogP contribution in [-0.4, -0.2) is 88.2 Å². The normalized spacial score (nSPS) is 14.5. The molecule has 4 heterocycles. The Bertz CT molecular complexity index is 1740. The number of carboxylic acid groups (broad SMARTS) is 1. The van der Waals surface area contributed by atoms with Crippen molar-refractivity contribution in [1.82, 2.24) is 9.97 Å². The number of rotatable bonds is 9. The van der Waals surface area contributed by atoms with Gasteiger partial charge < -0.3 is 38.6 Å². The quantitative estimate of drug-likeness (QED) is 0.174. The van der Waals surface area contributed by atoms with Gasteiger partial charge in [-0.2, -0.15) is 0 Å².